The fraction of sp³-hybridized carbons (Fsp3) is 0.263. The van der Waals surface area contributed by atoms with Crippen molar-refractivity contribution in [2.75, 3.05) is 13.1 Å². The van der Waals surface area contributed by atoms with Crippen molar-refractivity contribution >= 4 is 23.4 Å². The average molecular weight is 361 g/mol. The molecule has 1 saturated heterocycles. The predicted molar refractivity (Wildman–Crippen MR) is 93.6 cm³/mol. The molecule has 1 heterocycles. The molecule has 0 spiro atoms. The highest BCUT2D eigenvalue weighted by Crippen LogP contribution is 2.27. The summed E-state index contributed by atoms with van der Waals surface area (Å²) in [7, 11) is 0. The van der Waals surface area contributed by atoms with Crippen molar-refractivity contribution < 1.29 is 14.0 Å². The minimum absolute atomic E-state index is 0.0149. The van der Waals surface area contributed by atoms with Gasteiger partial charge >= 0.3 is 0 Å². The maximum absolute atomic E-state index is 13.0. The van der Waals surface area contributed by atoms with Crippen molar-refractivity contribution in [1.82, 2.24) is 10.2 Å². The van der Waals surface area contributed by atoms with Gasteiger partial charge in [0.15, 0.2) is 0 Å². The van der Waals surface area contributed by atoms with E-state index in [9.17, 15) is 14.0 Å². The van der Waals surface area contributed by atoms with Gasteiger partial charge in [0.25, 0.3) is 0 Å². The van der Waals surface area contributed by atoms with E-state index in [-0.39, 0.29) is 35.8 Å². The molecule has 0 radical (unpaired) electrons. The van der Waals surface area contributed by atoms with E-state index >= 15 is 0 Å². The van der Waals surface area contributed by atoms with Gasteiger partial charge in [-0.1, -0.05) is 48.0 Å². The zero-order valence-corrected chi connectivity index (χ0v) is 14.3. The third-order valence-corrected chi connectivity index (χ3v) is 4.66. The summed E-state index contributed by atoms with van der Waals surface area (Å²) in [6, 6.07) is 13.9. The Morgan fingerprint density at radius 2 is 2.00 bits per heavy atom. The molecular weight excluding hydrogens is 343 g/mol. The molecule has 1 fully saturated rings. The number of rotatable bonds is 5. The summed E-state index contributed by atoms with van der Waals surface area (Å²) < 4.78 is 13.0. The largest absolute Gasteiger partial charge is 0.350 e. The van der Waals surface area contributed by atoms with Crippen LogP contribution in [0.1, 0.15) is 23.5 Å². The molecular formula is C19H18ClFN2O2. The Bertz CT molecular complexity index is 782. The van der Waals surface area contributed by atoms with Crippen molar-refractivity contribution in [2.45, 2.75) is 18.9 Å². The second-order valence-corrected chi connectivity index (χ2v) is 6.51. The Morgan fingerprint density at radius 1 is 1.24 bits per heavy atom. The van der Waals surface area contributed by atoms with Gasteiger partial charge in [0.05, 0.1) is 6.54 Å². The molecule has 2 aromatic carbocycles. The minimum Gasteiger partial charge on any atom is -0.350 e. The van der Waals surface area contributed by atoms with E-state index in [0.29, 0.717) is 18.5 Å². The van der Waals surface area contributed by atoms with Crippen LogP contribution in [-0.4, -0.2) is 29.8 Å². The smallest absolute Gasteiger partial charge is 0.239 e. The van der Waals surface area contributed by atoms with E-state index in [0.717, 1.165) is 5.56 Å². The maximum atomic E-state index is 13.0. The number of nitrogens with zero attached hydrogens (tertiary/aromatic N) is 1. The first-order valence-electron chi connectivity index (χ1n) is 8.06. The van der Waals surface area contributed by atoms with Crippen LogP contribution in [0.3, 0.4) is 0 Å². The lowest BCUT2D eigenvalue weighted by Crippen LogP contribution is -2.37. The first-order chi connectivity index (χ1) is 12.0. The Kier molecular flexibility index (Phi) is 5.34. The molecule has 1 unspecified atom stereocenters. The van der Waals surface area contributed by atoms with Crippen molar-refractivity contribution in [3.63, 3.8) is 0 Å². The van der Waals surface area contributed by atoms with Gasteiger partial charge in [0.1, 0.15) is 5.82 Å². The quantitative estimate of drug-likeness (QED) is 0.890. The molecule has 1 aliphatic rings. The lowest BCUT2D eigenvalue weighted by Gasteiger charge is -2.16. The maximum Gasteiger partial charge on any atom is 0.239 e. The highest BCUT2D eigenvalue weighted by atomic mass is 35.5. The van der Waals surface area contributed by atoms with Crippen molar-refractivity contribution in [2.24, 2.45) is 0 Å². The molecule has 4 nitrogen and oxygen atoms in total. The molecule has 0 saturated carbocycles. The summed E-state index contributed by atoms with van der Waals surface area (Å²) in [5.74, 6) is -0.589. The van der Waals surface area contributed by atoms with Gasteiger partial charge in [0, 0.05) is 30.5 Å². The van der Waals surface area contributed by atoms with E-state index in [1.54, 1.807) is 4.90 Å². The number of carbonyl (C=O) groups excluding carboxylic acids is 2. The number of amides is 2. The van der Waals surface area contributed by atoms with E-state index in [2.05, 4.69) is 5.32 Å². The number of hydrogen-bond acceptors (Lipinski definition) is 2. The first kappa shape index (κ1) is 17.4. The van der Waals surface area contributed by atoms with Crippen molar-refractivity contribution in [3.8, 4) is 0 Å². The molecule has 3 rings (SSSR count). The number of benzene rings is 2. The van der Waals surface area contributed by atoms with Gasteiger partial charge in [0.2, 0.25) is 11.8 Å². The highest BCUT2D eigenvalue weighted by Gasteiger charge is 2.31. The topological polar surface area (TPSA) is 49.4 Å². The van der Waals surface area contributed by atoms with Gasteiger partial charge in [-0.15, -0.1) is 0 Å². The van der Waals surface area contributed by atoms with Crippen LogP contribution in [0.4, 0.5) is 4.39 Å². The Labute approximate surface area is 150 Å². The summed E-state index contributed by atoms with van der Waals surface area (Å²) in [6.07, 6.45) is 0.418. The number of nitrogens with one attached hydrogen (secondary N) is 1. The normalized spacial score (nSPS) is 17.0. The van der Waals surface area contributed by atoms with E-state index in [4.69, 9.17) is 11.6 Å². The highest BCUT2D eigenvalue weighted by molar-refractivity contribution is 6.31. The molecule has 130 valence electrons. The summed E-state index contributed by atoms with van der Waals surface area (Å²) in [4.78, 5) is 25.8. The van der Waals surface area contributed by atoms with E-state index in [1.165, 1.54) is 18.2 Å². The Hall–Kier alpha value is -2.40. The Morgan fingerprint density at radius 3 is 2.72 bits per heavy atom. The molecule has 1 N–H and O–H groups in total. The van der Waals surface area contributed by atoms with Gasteiger partial charge in [-0.25, -0.2) is 4.39 Å². The van der Waals surface area contributed by atoms with Gasteiger partial charge in [-0.05, 0) is 23.3 Å². The van der Waals surface area contributed by atoms with E-state index in [1.807, 2.05) is 30.3 Å². The van der Waals surface area contributed by atoms with Crippen LogP contribution in [-0.2, 0) is 16.1 Å². The number of hydrogen-bond donors (Lipinski definition) is 1. The Balaban J connectivity index is 1.53. The number of halogens is 2. The molecule has 1 aliphatic heterocycles. The summed E-state index contributed by atoms with van der Waals surface area (Å²) >= 11 is 5.94. The van der Waals surface area contributed by atoms with E-state index < -0.39 is 5.82 Å². The van der Waals surface area contributed by atoms with Gasteiger partial charge < -0.3 is 10.2 Å². The summed E-state index contributed by atoms with van der Waals surface area (Å²) in [5, 5.41) is 2.99. The fourth-order valence-corrected chi connectivity index (χ4v) is 3.20. The van der Waals surface area contributed by atoms with Gasteiger partial charge in [-0.2, -0.15) is 0 Å². The van der Waals surface area contributed by atoms with Crippen LogP contribution in [0.15, 0.2) is 48.5 Å². The summed E-state index contributed by atoms with van der Waals surface area (Å²) in [5.41, 5.74) is 1.74. The molecule has 2 aromatic rings. The lowest BCUT2D eigenvalue weighted by atomic mass is 9.99. The lowest BCUT2D eigenvalue weighted by molar-refractivity contribution is -0.133. The van der Waals surface area contributed by atoms with Crippen molar-refractivity contribution in [1.29, 1.82) is 0 Å². The standard InChI is InChI=1S/C19H18ClFN2O2/c20-17-9-16(21)7-6-14(17)10-22-18(24)12-23-11-15(8-19(23)25)13-4-2-1-3-5-13/h1-7,9,15H,8,10-12H2,(H,22,24). The van der Waals surface area contributed by atoms with Crippen molar-refractivity contribution in [3.05, 3.63) is 70.5 Å². The third-order valence-electron chi connectivity index (χ3n) is 4.31. The molecule has 6 heteroatoms. The number of likely N-dealkylation sites (tertiary alicyclic amines) is 1. The SMILES string of the molecule is O=C(CN1CC(c2ccccc2)CC1=O)NCc1ccc(F)cc1Cl. The van der Waals surface area contributed by atoms with Crippen LogP contribution < -0.4 is 5.32 Å². The van der Waals surface area contributed by atoms with Crippen LogP contribution in [0.2, 0.25) is 5.02 Å². The monoisotopic (exact) mass is 360 g/mol. The third kappa shape index (κ3) is 4.37. The second kappa shape index (κ2) is 7.66. The minimum atomic E-state index is -0.422. The van der Waals surface area contributed by atoms with Crippen LogP contribution in [0, 0.1) is 5.82 Å². The molecule has 25 heavy (non-hydrogen) atoms. The first-order valence-corrected chi connectivity index (χ1v) is 8.44. The summed E-state index contributed by atoms with van der Waals surface area (Å²) in [6.45, 7) is 0.747. The van der Waals surface area contributed by atoms with Crippen LogP contribution in [0.5, 0.6) is 0 Å². The zero-order valence-electron chi connectivity index (χ0n) is 13.5. The molecule has 0 aromatic heterocycles. The second-order valence-electron chi connectivity index (χ2n) is 6.10. The fourth-order valence-electron chi connectivity index (χ4n) is 2.96. The molecule has 1 atom stereocenters. The molecule has 0 aliphatic carbocycles. The van der Waals surface area contributed by atoms with Gasteiger partial charge in [-0.3, -0.25) is 9.59 Å². The molecule has 0 bridgehead atoms. The zero-order chi connectivity index (χ0) is 17.8. The molecule has 2 amide bonds. The average Bonchev–Trinajstić information content (AvgIpc) is 2.95. The number of carbonyl (C=O) groups is 2. The predicted octanol–water partition coefficient (Wildman–Crippen LogP) is 3.11. The van der Waals surface area contributed by atoms with Crippen LogP contribution in [0.25, 0.3) is 0 Å². The van der Waals surface area contributed by atoms with Crippen LogP contribution >= 0.6 is 11.6 Å².